The molecule has 0 fully saturated rings. The number of nitrogens with two attached hydrogens (primary N) is 1. The number of para-hydroxylation sites is 3. The molecule has 3 aromatic rings. The van der Waals surface area contributed by atoms with E-state index >= 15 is 0 Å². The third-order valence-electron chi connectivity index (χ3n) is 5.12. The molecule has 164 valence electrons. The predicted octanol–water partition coefficient (Wildman–Crippen LogP) is 3.72. The van der Waals surface area contributed by atoms with E-state index in [1.807, 2.05) is 13.0 Å². The van der Waals surface area contributed by atoms with E-state index in [0.29, 0.717) is 34.7 Å². The van der Waals surface area contributed by atoms with Crippen LogP contribution in [0.25, 0.3) is 0 Å². The van der Waals surface area contributed by atoms with E-state index in [4.69, 9.17) is 5.73 Å². The van der Waals surface area contributed by atoms with Gasteiger partial charge in [-0.05, 0) is 48.9 Å². The number of carbonyl (C=O) groups is 3. The summed E-state index contributed by atoms with van der Waals surface area (Å²) in [6, 6.07) is 22.4. The van der Waals surface area contributed by atoms with Crippen molar-refractivity contribution in [3.05, 3.63) is 90.0 Å². The fourth-order valence-electron chi connectivity index (χ4n) is 3.15. The topological polar surface area (TPSA) is 105 Å². The smallest absolute Gasteiger partial charge is 0.255 e. The first kappa shape index (κ1) is 22.6. The van der Waals surface area contributed by atoms with E-state index < -0.39 is 11.8 Å². The van der Waals surface area contributed by atoms with Gasteiger partial charge in [0.05, 0.1) is 11.4 Å². The molecule has 0 saturated heterocycles. The third kappa shape index (κ3) is 5.31. The molecule has 0 heterocycles. The van der Waals surface area contributed by atoms with Crippen molar-refractivity contribution in [3.8, 4) is 0 Å². The van der Waals surface area contributed by atoms with Gasteiger partial charge in [-0.3, -0.25) is 14.4 Å². The highest BCUT2D eigenvalue weighted by atomic mass is 16.2. The first-order valence-electron chi connectivity index (χ1n) is 10.3. The molecule has 3 aromatic carbocycles. The van der Waals surface area contributed by atoms with Gasteiger partial charge in [-0.2, -0.15) is 0 Å². The first-order valence-corrected chi connectivity index (χ1v) is 10.3. The lowest BCUT2D eigenvalue weighted by molar-refractivity contribution is -0.135. The Kier molecular flexibility index (Phi) is 7.23. The fraction of sp³-hybridized carbons (Fsp3) is 0.160. The van der Waals surface area contributed by atoms with E-state index in [0.717, 1.165) is 0 Å². The van der Waals surface area contributed by atoms with Crippen LogP contribution in [0.3, 0.4) is 0 Å². The maximum absolute atomic E-state index is 13.0. The van der Waals surface area contributed by atoms with Gasteiger partial charge in [0.15, 0.2) is 0 Å². The van der Waals surface area contributed by atoms with Gasteiger partial charge in [-0.1, -0.05) is 42.5 Å². The van der Waals surface area contributed by atoms with Crippen molar-refractivity contribution >= 4 is 34.8 Å². The largest absolute Gasteiger partial charge is 0.397 e. The van der Waals surface area contributed by atoms with Gasteiger partial charge < -0.3 is 21.3 Å². The second-order valence-corrected chi connectivity index (χ2v) is 7.30. The normalized spacial score (nSPS) is 11.3. The van der Waals surface area contributed by atoms with Crippen LogP contribution in [0.1, 0.15) is 28.8 Å². The van der Waals surface area contributed by atoms with Crippen molar-refractivity contribution in [2.75, 3.05) is 30.0 Å². The number of benzene rings is 3. The molecule has 0 radical (unpaired) electrons. The number of nitrogens with one attached hydrogen (secondary N) is 2. The highest BCUT2D eigenvalue weighted by Gasteiger charge is 2.31. The average Bonchev–Trinajstić information content (AvgIpc) is 2.81. The standard InChI is InChI=1S/C25H26N4O3/c1-3-29(2)25(32)22(24(31)27-19-9-5-4-6-10-19)17-13-15-18(16-14-17)23(30)28-21-12-8-7-11-20(21)26/h4-16,22H,3,26H2,1-2H3,(H,27,31)(H,28,30). The Morgan fingerprint density at radius 2 is 1.50 bits per heavy atom. The average molecular weight is 431 g/mol. The lowest BCUT2D eigenvalue weighted by Gasteiger charge is -2.22. The summed E-state index contributed by atoms with van der Waals surface area (Å²) in [4.78, 5) is 40.1. The molecule has 1 atom stereocenters. The summed E-state index contributed by atoms with van der Waals surface area (Å²) in [5.74, 6) is -2.13. The summed E-state index contributed by atoms with van der Waals surface area (Å²) in [6.07, 6.45) is 0. The predicted molar refractivity (Wildman–Crippen MR) is 126 cm³/mol. The van der Waals surface area contributed by atoms with Crippen molar-refractivity contribution < 1.29 is 14.4 Å². The third-order valence-corrected chi connectivity index (χ3v) is 5.12. The molecular formula is C25H26N4O3. The summed E-state index contributed by atoms with van der Waals surface area (Å²) in [5, 5.41) is 5.56. The van der Waals surface area contributed by atoms with Gasteiger partial charge in [-0.25, -0.2) is 0 Å². The first-order chi connectivity index (χ1) is 15.4. The molecule has 32 heavy (non-hydrogen) atoms. The quantitative estimate of drug-likeness (QED) is 0.392. The van der Waals surface area contributed by atoms with Crippen LogP contribution in [0.15, 0.2) is 78.9 Å². The highest BCUT2D eigenvalue weighted by molar-refractivity contribution is 6.11. The molecule has 0 bridgehead atoms. The summed E-state index contributed by atoms with van der Waals surface area (Å²) in [6.45, 7) is 2.31. The van der Waals surface area contributed by atoms with Crippen LogP contribution in [0.2, 0.25) is 0 Å². The zero-order chi connectivity index (χ0) is 23.1. The van der Waals surface area contributed by atoms with Gasteiger partial charge in [0.1, 0.15) is 5.92 Å². The number of carbonyl (C=O) groups excluding carboxylic acids is 3. The lowest BCUT2D eigenvalue weighted by atomic mass is 9.95. The van der Waals surface area contributed by atoms with E-state index in [1.54, 1.807) is 79.8 Å². The van der Waals surface area contributed by atoms with Crippen molar-refractivity contribution in [2.45, 2.75) is 12.8 Å². The van der Waals surface area contributed by atoms with Crippen LogP contribution >= 0.6 is 0 Å². The van der Waals surface area contributed by atoms with Crippen LogP contribution in [-0.2, 0) is 9.59 Å². The molecule has 3 rings (SSSR count). The maximum Gasteiger partial charge on any atom is 0.255 e. The number of nitrogens with zero attached hydrogens (tertiary/aromatic N) is 1. The molecule has 3 amide bonds. The molecule has 0 aliphatic rings. The number of hydrogen-bond donors (Lipinski definition) is 3. The molecular weight excluding hydrogens is 404 g/mol. The molecule has 0 aliphatic heterocycles. The van der Waals surface area contributed by atoms with E-state index in [-0.39, 0.29) is 11.8 Å². The summed E-state index contributed by atoms with van der Waals surface area (Å²) in [5.41, 5.74) is 8.34. The van der Waals surface area contributed by atoms with E-state index in [1.165, 1.54) is 4.90 Å². The zero-order valence-electron chi connectivity index (χ0n) is 18.0. The molecule has 0 aliphatic carbocycles. The minimum atomic E-state index is -1.04. The minimum absolute atomic E-state index is 0.324. The number of rotatable bonds is 7. The molecule has 0 aromatic heterocycles. The van der Waals surface area contributed by atoms with Crippen LogP contribution < -0.4 is 16.4 Å². The van der Waals surface area contributed by atoms with Crippen LogP contribution in [0.5, 0.6) is 0 Å². The Labute approximate surface area is 187 Å². The van der Waals surface area contributed by atoms with Crippen molar-refractivity contribution in [1.82, 2.24) is 4.90 Å². The van der Waals surface area contributed by atoms with E-state index in [2.05, 4.69) is 10.6 Å². The van der Waals surface area contributed by atoms with Gasteiger partial charge in [0, 0.05) is 24.8 Å². The van der Waals surface area contributed by atoms with Gasteiger partial charge in [0.2, 0.25) is 11.8 Å². The number of nitrogen functional groups attached to an aromatic ring is 1. The highest BCUT2D eigenvalue weighted by Crippen LogP contribution is 2.23. The summed E-state index contributed by atoms with van der Waals surface area (Å²) >= 11 is 0. The fourth-order valence-corrected chi connectivity index (χ4v) is 3.15. The molecule has 1 unspecified atom stereocenters. The number of likely N-dealkylation sites (N-methyl/N-ethyl adjacent to an activating group) is 1. The minimum Gasteiger partial charge on any atom is -0.397 e. The molecule has 0 saturated carbocycles. The molecule has 0 spiro atoms. The molecule has 7 nitrogen and oxygen atoms in total. The Hall–Kier alpha value is -4.13. The number of hydrogen-bond acceptors (Lipinski definition) is 4. The van der Waals surface area contributed by atoms with Gasteiger partial charge in [0.25, 0.3) is 5.91 Å². The molecule has 4 N–H and O–H groups in total. The Morgan fingerprint density at radius 3 is 2.12 bits per heavy atom. The van der Waals surface area contributed by atoms with E-state index in [9.17, 15) is 14.4 Å². The van der Waals surface area contributed by atoms with Gasteiger partial charge >= 0.3 is 0 Å². The number of anilines is 3. The maximum atomic E-state index is 13.0. The summed E-state index contributed by atoms with van der Waals surface area (Å²) in [7, 11) is 1.65. The second kappa shape index (κ2) is 10.3. The molecule has 7 heteroatoms. The zero-order valence-corrected chi connectivity index (χ0v) is 18.0. The number of amides is 3. The van der Waals surface area contributed by atoms with Gasteiger partial charge in [-0.15, -0.1) is 0 Å². The monoisotopic (exact) mass is 430 g/mol. The SMILES string of the molecule is CCN(C)C(=O)C(C(=O)Nc1ccccc1)c1ccc(C(=O)Nc2ccccc2N)cc1. The second-order valence-electron chi connectivity index (χ2n) is 7.30. The Morgan fingerprint density at radius 1 is 0.875 bits per heavy atom. The lowest BCUT2D eigenvalue weighted by Crippen LogP contribution is -2.37. The van der Waals surface area contributed by atoms with Crippen molar-refractivity contribution in [3.63, 3.8) is 0 Å². The van der Waals surface area contributed by atoms with Crippen LogP contribution in [0.4, 0.5) is 17.1 Å². The van der Waals surface area contributed by atoms with Crippen LogP contribution in [-0.4, -0.2) is 36.2 Å². The van der Waals surface area contributed by atoms with Crippen molar-refractivity contribution in [2.24, 2.45) is 0 Å². The van der Waals surface area contributed by atoms with Crippen LogP contribution in [0, 0.1) is 0 Å². The Bertz CT molecular complexity index is 1100. The van der Waals surface area contributed by atoms with Crippen molar-refractivity contribution in [1.29, 1.82) is 0 Å². The summed E-state index contributed by atoms with van der Waals surface area (Å²) < 4.78 is 0. The Balaban J connectivity index is 1.83.